The van der Waals surface area contributed by atoms with E-state index < -0.39 is 17.8 Å². The van der Waals surface area contributed by atoms with Crippen LogP contribution in [0, 0.1) is 17.8 Å². The first-order valence-electron chi connectivity index (χ1n) is 11.2. The molecule has 2 aromatic rings. The molecule has 1 aliphatic heterocycles. The molecule has 0 saturated heterocycles. The average Bonchev–Trinajstić information content (AvgIpc) is 3.21. The van der Waals surface area contributed by atoms with Crippen molar-refractivity contribution in [3.8, 4) is 0 Å². The number of carbonyl (C=O) groups excluding carboxylic acids is 1. The van der Waals surface area contributed by atoms with Crippen molar-refractivity contribution >= 4 is 16.7 Å². The van der Waals surface area contributed by atoms with Crippen LogP contribution in [0.15, 0.2) is 35.9 Å². The fraction of sp³-hybridized carbons (Fsp3) is 0.560. The van der Waals surface area contributed by atoms with Gasteiger partial charge in [0.1, 0.15) is 6.10 Å². The third-order valence-corrected chi connectivity index (χ3v) is 8.06. The zero-order valence-electron chi connectivity index (χ0n) is 17.5. The Bertz CT molecular complexity index is 1060. The van der Waals surface area contributed by atoms with Crippen LogP contribution in [0.5, 0.6) is 0 Å². The number of nitrogens with one attached hydrogen (secondary N) is 1. The van der Waals surface area contributed by atoms with Crippen LogP contribution in [0.3, 0.4) is 0 Å². The summed E-state index contributed by atoms with van der Waals surface area (Å²) in [5.41, 5.74) is 3.70. The topological polar surface area (TPSA) is 82.6 Å². The maximum Gasteiger partial charge on any atom is 0.187 e. The first kappa shape index (κ1) is 18.8. The molecule has 158 valence electrons. The van der Waals surface area contributed by atoms with Gasteiger partial charge in [0, 0.05) is 28.4 Å². The van der Waals surface area contributed by atoms with Crippen molar-refractivity contribution in [3.05, 3.63) is 47.2 Å². The van der Waals surface area contributed by atoms with Crippen molar-refractivity contribution in [1.82, 2.24) is 4.98 Å². The van der Waals surface area contributed by atoms with Crippen LogP contribution < -0.4 is 0 Å². The summed E-state index contributed by atoms with van der Waals surface area (Å²) in [6.07, 6.45) is 3.80. The zero-order chi connectivity index (χ0) is 20.8. The lowest BCUT2D eigenvalue weighted by atomic mass is 9.58. The first-order valence-corrected chi connectivity index (χ1v) is 11.2. The Morgan fingerprint density at radius 3 is 2.77 bits per heavy atom. The monoisotopic (exact) mass is 407 g/mol. The van der Waals surface area contributed by atoms with E-state index in [9.17, 15) is 15.0 Å². The molecule has 30 heavy (non-hydrogen) atoms. The Kier molecular flexibility index (Phi) is 3.94. The number of hydrogen-bond donors (Lipinski definition) is 3. The van der Waals surface area contributed by atoms with E-state index in [4.69, 9.17) is 4.74 Å². The van der Waals surface area contributed by atoms with Gasteiger partial charge in [0.05, 0.1) is 17.8 Å². The summed E-state index contributed by atoms with van der Waals surface area (Å²) in [6, 6.07) is 8.50. The average molecular weight is 408 g/mol. The number of benzene rings is 1. The van der Waals surface area contributed by atoms with E-state index in [0.29, 0.717) is 17.8 Å². The predicted molar refractivity (Wildman–Crippen MR) is 113 cm³/mol. The predicted octanol–water partition coefficient (Wildman–Crippen LogP) is 3.25. The first-order chi connectivity index (χ1) is 14.3. The quantitative estimate of drug-likeness (QED) is 0.678. The maximum atomic E-state index is 12.8. The molecule has 3 aliphatic carbocycles. The Morgan fingerprint density at radius 2 is 1.97 bits per heavy atom. The van der Waals surface area contributed by atoms with Gasteiger partial charge in [-0.2, -0.15) is 0 Å². The lowest BCUT2D eigenvalue weighted by Crippen LogP contribution is -2.53. The number of ether oxygens (including phenoxy) is 1. The van der Waals surface area contributed by atoms with E-state index in [0.717, 1.165) is 31.3 Å². The lowest BCUT2D eigenvalue weighted by Gasteiger charge is -2.51. The molecule has 2 saturated carbocycles. The van der Waals surface area contributed by atoms with Gasteiger partial charge in [-0.1, -0.05) is 18.2 Å². The van der Waals surface area contributed by atoms with E-state index in [2.05, 4.69) is 29.2 Å². The number of fused-ring (bicyclic) bond motifs is 9. The molecule has 4 aliphatic rings. The summed E-state index contributed by atoms with van der Waals surface area (Å²) in [4.78, 5) is 16.5. The van der Waals surface area contributed by atoms with Crippen molar-refractivity contribution in [2.75, 3.05) is 0 Å². The molecule has 0 bridgehead atoms. The lowest BCUT2D eigenvalue weighted by molar-refractivity contribution is -0.158. The van der Waals surface area contributed by atoms with Gasteiger partial charge < -0.3 is 19.9 Å². The molecule has 3 N–H and O–H groups in total. The van der Waals surface area contributed by atoms with E-state index in [1.807, 2.05) is 0 Å². The normalized spacial score (nSPS) is 37.9. The number of ketones is 1. The molecule has 0 spiro atoms. The van der Waals surface area contributed by atoms with Gasteiger partial charge in [-0.15, -0.1) is 0 Å². The molecule has 2 fully saturated rings. The highest BCUT2D eigenvalue weighted by Gasteiger charge is 2.54. The number of aromatic nitrogens is 1. The summed E-state index contributed by atoms with van der Waals surface area (Å²) in [5.74, 6) is 0.930. The van der Waals surface area contributed by atoms with Crippen LogP contribution >= 0.6 is 0 Å². The summed E-state index contributed by atoms with van der Waals surface area (Å²) < 4.78 is 6.11. The number of aromatic amines is 1. The minimum absolute atomic E-state index is 0.0472. The SMILES string of the molecule is CC(C)(O)[C@H]1OC2CC[C@@H]3C(C2=CC1=O)C(O)C[C@H]1Cc2c([nH]c4ccccc24)C13. The Morgan fingerprint density at radius 1 is 1.17 bits per heavy atom. The fourth-order valence-electron chi connectivity index (χ4n) is 6.98. The standard InChI is InChI=1S/C25H29NO4/c1-25(2,29)24-19(28)11-16-20(30-24)8-7-14-21-12(10-18(27)22(14)16)9-15-13-5-3-4-6-17(13)26-23(15)21/h3-6,11-12,14,18,20-22,24,26-27,29H,7-10H2,1-2H3/t12-,14+,18?,20?,21?,22?,24+/m1/s1. The van der Waals surface area contributed by atoms with Crippen molar-refractivity contribution in [2.45, 2.75) is 69.4 Å². The summed E-state index contributed by atoms with van der Waals surface area (Å²) >= 11 is 0. The smallest absolute Gasteiger partial charge is 0.187 e. The molecule has 5 heteroatoms. The Balaban J connectivity index is 1.40. The number of para-hydroxylation sites is 1. The van der Waals surface area contributed by atoms with Gasteiger partial charge >= 0.3 is 0 Å². The van der Waals surface area contributed by atoms with Gasteiger partial charge in [-0.3, -0.25) is 4.79 Å². The van der Waals surface area contributed by atoms with Gasteiger partial charge in [0.15, 0.2) is 5.78 Å². The number of carbonyl (C=O) groups is 1. The summed E-state index contributed by atoms with van der Waals surface area (Å²) in [6.45, 7) is 3.24. The highest BCUT2D eigenvalue weighted by atomic mass is 16.5. The van der Waals surface area contributed by atoms with Gasteiger partial charge in [-0.05, 0) is 74.6 Å². The van der Waals surface area contributed by atoms with Crippen molar-refractivity contribution in [2.24, 2.45) is 17.8 Å². The number of rotatable bonds is 1. The van der Waals surface area contributed by atoms with E-state index in [1.54, 1.807) is 19.9 Å². The molecule has 0 amide bonds. The molecule has 0 radical (unpaired) electrons. The molecule has 6 rings (SSSR count). The summed E-state index contributed by atoms with van der Waals surface area (Å²) in [5, 5.41) is 22.8. The minimum atomic E-state index is -1.21. The van der Waals surface area contributed by atoms with Crippen LogP contribution in [-0.4, -0.2) is 44.9 Å². The molecular weight excluding hydrogens is 378 g/mol. The third-order valence-electron chi connectivity index (χ3n) is 8.06. The molecule has 4 unspecified atom stereocenters. The molecule has 5 nitrogen and oxygen atoms in total. The highest BCUT2D eigenvalue weighted by Crippen LogP contribution is 2.58. The van der Waals surface area contributed by atoms with Crippen LogP contribution in [-0.2, 0) is 16.0 Å². The second-order valence-electron chi connectivity index (χ2n) is 10.3. The molecule has 7 atom stereocenters. The van der Waals surface area contributed by atoms with Crippen LogP contribution in [0.4, 0.5) is 0 Å². The van der Waals surface area contributed by atoms with E-state index >= 15 is 0 Å². The Hall–Kier alpha value is -1.95. The van der Waals surface area contributed by atoms with E-state index in [1.165, 1.54) is 22.2 Å². The molecular formula is C25H29NO4. The second-order valence-corrected chi connectivity index (χ2v) is 10.3. The van der Waals surface area contributed by atoms with Crippen LogP contribution in [0.25, 0.3) is 10.9 Å². The summed E-state index contributed by atoms with van der Waals surface area (Å²) in [7, 11) is 0. The van der Waals surface area contributed by atoms with Gasteiger partial charge in [0.2, 0.25) is 0 Å². The number of aliphatic hydroxyl groups is 2. The highest BCUT2D eigenvalue weighted by molar-refractivity contribution is 5.96. The van der Waals surface area contributed by atoms with Gasteiger partial charge in [0.25, 0.3) is 0 Å². The van der Waals surface area contributed by atoms with Crippen molar-refractivity contribution in [1.29, 1.82) is 0 Å². The zero-order valence-corrected chi connectivity index (χ0v) is 17.5. The number of hydrogen-bond acceptors (Lipinski definition) is 4. The molecule has 1 aromatic carbocycles. The molecule has 2 heterocycles. The molecule has 1 aromatic heterocycles. The second kappa shape index (κ2) is 6.28. The minimum Gasteiger partial charge on any atom is -0.392 e. The van der Waals surface area contributed by atoms with Crippen LogP contribution in [0.1, 0.15) is 50.3 Å². The van der Waals surface area contributed by atoms with Crippen LogP contribution in [0.2, 0.25) is 0 Å². The third kappa shape index (κ3) is 2.55. The van der Waals surface area contributed by atoms with E-state index in [-0.39, 0.29) is 17.8 Å². The number of aliphatic hydroxyl groups excluding tert-OH is 1. The van der Waals surface area contributed by atoms with Crippen molar-refractivity contribution < 1.29 is 19.7 Å². The fourth-order valence-corrected chi connectivity index (χ4v) is 6.98. The Labute approximate surface area is 176 Å². The maximum absolute atomic E-state index is 12.8. The number of H-pyrrole nitrogens is 1. The largest absolute Gasteiger partial charge is 0.392 e. The van der Waals surface area contributed by atoms with Gasteiger partial charge in [-0.25, -0.2) is 0 Å². The van der Waals surface area contributed by atoms with Crippen molar-refractivity contribution in [3.63, 3.8) is 0 Å².